The minimum atomic E-state index is -0.0531. The van der Waals surface area contributed by atoms with Crippen molar-refractivity contribution in [3.05, 3.63) is 0 Å². The van der Waals surface area contributed by atoms with Crippen LogP contribution in [0.3, 0.4) is 0 Å². The van der Waals surface area contributed by atoms with Gasteiger partial charge in [0.2, 0.25) is 5.91 Å². The van der Waals surface area contributed by atoms with E-state index in [1.54, 1.807) is 0 Å². The Balaban J connectivity index is 1.90. The molecule has 4 nitrogen and oxygen atoms in total. The zero-order chi connectivity index (χ0) is 21.1. The topological polar surface area (TPSA) is 95.1 Å². The van der Waals surface area contributed by atoms with E-state index in [1.165, 1.54) is 70.6 Å². The molecule has 1 atom stereocenters. The average Bonchev–Trinajstić information content (AvgIpc) is 2.71. The van der Waals surface area contributed by atoms with Gasteiger partial charge in [0.25, 0.3) is 0 Å². The minimum absolute atomic E-state index is 0.0498. The molecule has 0 radical (unpaired) electrons. The Hall–Kier alpha value is -0.610. The number of amides is 1. The van der Waals surface area contributed by atoms with Crippen molar-refractivity contribution < 1.29 is 4.79 Å². The highest BCUT2D eigenvalue weighted by Crippen LogP contribution is 2.44. The van der Waals surface area contributed by atoms with Crippen molar-refractivity contribution >= 4 is 5.91 Å². The zero-order valence-corrected chi connectivity index (χ0v) is 19.1. The number of carbonyl (C=O) groups is 1. The fraction of sp³-hybridized carbons (Fsp3) is 0.960. The van der Waals surface area contributed by atoms with Crippen LogP contribution in [-0.4, -0.2) is 18.0 Å². The lowest BCUT2D eigenvalue weighted by atomic mass is 9.63. The second kappa shape index (κ2) is 13.6. The van der Waals surface area contributed by atoms with Crippen molar-refractivity contribution in [3.8, 4) is 0 Å². The summed E-state index contributed by atoms with van der Waals surface area (Å²) in [5.41, 5.74) is 18.4. The lowest BCUT2D eigenvalue weighted by Crippen LogP contribution is -2.43. The molecule has 4 heteroatoms. The van der Waals surface area contributed by atoms with E-state index in [0.717, 1.165) is 38.5 Å². The SMILES string of the molecule is CCCCCCCCCCC(C(N)=O)C(C1CCC(N)CC1)C1CCC(N)CC1. The second-order valence-corrected chi connectivity index (χ2v) is 10.2. The van der Waals surface area contributed by atoms with Crippen LogP contribution in [0.5, 0.6) is 0 Å². The molecule has 0 aromatic carbocycles. The molecule has 2 saturated carbocycles. The molecule has 0 heterocycles. The van der Waals surface area contributed by atoms with Crippen LogP contribution in [0.2, 0.25) is 0 Å². The number of hydrogen-bond acceptors (Lipinski definition) is 3. The van der Waals surface area contributed by atoms with Gasteiger partial charge in [-0.3, -0.25) is 4.79 Å². The summed E-state index contributed by atoms with van der Waals surface area (Å²) in [5, 5.41) is 0. The molecule has 0 aromatic rings. The third-order valence-electron chi connectivity index (χ3n) is 7.92. The molecule has 2 rings (SSSR count). The van der Waals surface area contributed by atoms with E-state index < -0.39 is 0 Å². The third kappa shape index (κ3) is 8.57. The molecule has 2 fully saturated rings. The van der Waals surface area contributed by atoms with Gasteiger partial charge in [0.1, 0.15) is 0 Å². The summed E-state index contributed by atoms with van der Waals surface area (Å²) in [4.78, 5) is 12.6. The van der Waals surface area contributed by atoms with Gasteiger partial charge in [-0.1, -0.05) is 58.3 Å². The van der Waals surface area contributed by atoms with E-state index in [2.05, 4.69) is 6.92 Å². The molecule has 2 aliphatic carbocycles. The Morgan fingerprint density at radius 1 is 0.724 bits per heavy atom. The maximum atomic E-state index is 12.6. The summed E-state index contributed by atoms with van der Waals surface area (Å²) >= 11 is 0. The van der Waals surface area contributed by atoms with E-state index in [4.69, 9.17) is 17.2 Å². The van der Waals surface area contributed by atoms with Gasteiger partial charge in [-0.15, -0.1) is 0 Å². The highest BCUT2D eigenvalue weighted by molar-refractivity contribution is 5.77. The fourth-order valence-electron chi connectivity index (χ4n) is 6.12. The van der Waals surface area contributed by atoms with Crippen LogP contribution in [0.25, 0.3) is 0 Å². The molecule has 29 heavy (non-hydrogen) atoms. The Morgan fingerprint density at radius 2 is 1.14 bits per heavy atom. The number of hydrogen-bond donors (Lipinski definition) is 3. The normalized spacial score (nSPS) is 30.0. The third-order valence-corrected chi connectivity index (χ3v) is 7.92. The molecule has 0 bridgehead atoms. The van der Waals surface area contributed by atoms with Crippen LogP contribution < -0.4 is 17.2 Å². The number of primary amides is 1. The maximum absolute atomic E-state index is 12.6. The van der Waals surface area contributed by atoms with Gasteiger partial charge in [-0.2, -0.15) is 0 Å². The van der Waals surface area contributed by atoms with Gasteiger partial charge >= 0.3 is 0 Å². The highest BCUT2D eigenvalue weighted by atomic mass is 16.1. The largest absolute Gasteiger partial charge is 0.369 e. The Morgan fingerprint density at radius 3 is 1.55 bits per heavy atom. The summed E-state index contributed by atoms with van der Waals surface area (Å²) in [7, 11) is 0. The minimum Gasteiger partial charge on any atom is -0.369 e. The summed E-state index contributed by atoms with van der Waals surface area (Å²) in [5.74, 6) is 1.70. The first-order chi connectivity index (χ1) is 14.0. The summed E-state index contributed by atoms with van der Waals surface area (Å²) in [6.07, 6.45) is 20.6. The zero-order valence-electron chi connectivity index (χ0n) is 19.1. The molecule has 1 unspecified atom stereocenters. The quantitative estimate of drug-likeness (QED) is 0.363. The number of rotatable bonds is 13. The number of carbonyl (C=O) groups excluding carboxylic acids is 1. The number of nitrogens with two attached hydrogens (primary N) is 3. The summed E-state index contributed by atoms with van der Waals surface area (Å²) in [6, 6.07) is 0.706. The first-order valence-corrected chi connectivity index (χ1v) is 12.8. The molecule has 1 amide bonds. The lowest BCUT2D eigenvalue weighted by molar-refractivity contribution is -0.126. The highest BCUT2D eigenvalue weighted by Gasteiger charge is 2.40. The van der Waals surface area contributed by atoms with Crippen molar-refractivity contribution in [2.24, 2.45) is 40.9 Å². The number of unbranched alkanes of at least 4 members (excludes halogenated alkanes) is 7. The Bertz CT molecular complexity index is 417. The van der Waals surface area contributed by atoms with Gasteiger partial charge in [0.15, 0.2) is 0 Å². The average molecular weight is 408 g/mol. The first kappa shape index (κ1) is 24.7. The molecule has 0 saturated heterocycles. The van der Waals surface area contributed by atoms with Crippen molar-refractivity contribution in [1.82, 2.24) is 0 Å². The standard InChI is InChI=1S/C25H49N3O/c1-2-3-4-5-6-7-8-9-10-23(25(28)29)24(19-11-15-21(26)16-12-19)20-13-17-22(27)18-14-20/h19-24H,2-18,26-27H2,1H3,(H2,28,29). The molecule has 0 aliphatic heterocycles. The molecule has 0 spiro atoms. The van der Waals surface area contributed by atoms with Gasteiger partial charge in [-0.25, -0.2) is 0 Å². The van der Waals surface area contributed by atoms with Crippen molar-refractivity contribution in [1.29, 1.82) is 0 Å². The lowest BCUT2D eigenvalue weighted by Gasteiger charge is -2.43. The van der Waals surface area contributed by atoms with Crippen molar-refractivity contribution in [2.75, 3.05) is 0 Å². The van der Waals surface area contributed by atoms with Crippen LogP contribution >= 0.6 is 0 Å². The predicted molar refractivity (Wildman–Crippen MR) is 123 cm³/mol. The second-order valence-electron chi connectivity index (χ2n) is 10.2. The monoisotopic (exact) mass is 407 g/mol. The van der Waals surface area contributed by atoms with Crippen LogP contribution in [0, 0.1) is 23.7 Å². The van der Waals surface area contributed by atoms with Crippen molar-refractivity contribution in [3.63, 3.8) is 0 Å². The molecule has 0 aromatic heterocycles. The molecule has 170 valence electrons. The van der Waals surface area contributed by atoms with Gasteiger partial charge in [0, 0.05) is 18.0 Å². The van der Waals surface area contributed by atoms with Gasteiger partial charge in [-0.05, 0) is 75.5 Å². The predicted octanol–water partition coefficient (Wildman–Crippen LogP) is 5.27. The van der Waals surface area contributed by atoms with Gasteiger partial charge < -0.3 is 17.2 Å². The maximum Gasteiger partial charge on any atom is 0.220 e. The van der Waals surface area contributed by atoms with E-state index >= 15 is 0 Å². The molecule has 2 aliphatic rings. The van der Waals surface area contributed by atoms with E-state index in [0.29, 0.717) is 29.8 Å². The van der Waals surface area contributed by atoms with Crippen LogP contribution in [0.15, 0.2) is 0 Å². The fourth-order valence-corrected chi connectivity index (χ4v) is 6.12. The summed E-state index contributed by atoms with van der Waals surface area (Å²) in [6.45, 7) is 2.26. The molecular weight excluding hydrogens is 358 g/mol. The smallest absolute Gasteiger partial charge is 0.220 e. The summed E-state index contributed by atoms with van der Waals surface area (Å²) < 4.78 is 0. The van der Waals surface area contributed by atoms with Crippen LogP contribution in [-0.2, 0) is 4.79 Å². The van der Waals surface area contributed by atoms with E-state index in [-0.39, 0.29) is 11.8 Å². The van der Waals surface area contributed by atoms with Gasteiger partial charge in [0.05, 0.1) is 0 Å². The Kier molecular flexibility index (Phi) is 11.6. The van der Waals surface area contributed by atoms with E-state index in [1.807, 2.05) is 0 Å². The van der Waals surface area contributed by atoms with Crippen molar-refractivity contribution in [2.45, 2.75) is 128 Å². The van der Waals surface area contributed by atoms with E-state index in [9.17, 15) is 4.79 Å². The first-order valence-electron chi connectivity index (χ1n) is 12.8. The molecule has 6 N–H and O–H groups in total. The molecular formula is C25H49N3O. The Labute approximate surface area is 180 Å². The van der Waals surface area contributed by atoms with Crippen LogP contribution in [0.1, 0.15) is 116 Å². The van der Waals surface area contributed by atoms with Crippen LogP contribution in [0.4, 0.5) is 0 Å².